The molecule has 1 aliphatic rings. The zero-order chi connectivity index (χ0) is 7.61. The summed E-state index contributed by atoms with van der Waals surface area (Å²) in [5, 5.41) is 0. The van der Waals surface area contributed by atoms with E-state index in [0.717, 1.165) is 12.8 Å². The molecule has 0 heterocycles. The molecule has 0 aromatic heterocycles. The van der Waals surface area contributed by atoms with Gasteiger partial charge in [0.2, 0.25) is 0 Å². The summed E-state index contributed by atoms with van der Waals surface area (Å²) in [7, 11) is 3.40. The van der Waals surface area contributed by atoms with E-state index in [1.807, 2.05) is 0 Å². The van der Waals surface area contributed by atoms with Gasteiger partial charge in [-0.15, -0.1) is 0 Å². The van der Waals surface area contributed by atoms with Crippen LogP contribution in [-0.2, 0) is 9.47 Å². The molecule has 1 rings (SSSR count). The van der Waals surface area contributed by atoms with Crippen molar-refractivity contribution in [1.29, 1.82) is 0 Å². The van der Waals surface area contributed by atoms with Gasteiger partial charge in [0.25, 0.3) is 0 Å². The van der Waals surface area contributed by atoms with Crippen LogP contribution < -0.4 is 0 Å². The van der Waals surface area contributed by atoms with Gasteiger partial charge in [-0.05, 0) is 12.8 Å². The molecule has 0 spiro atoms. The van der Waals surface area contributed by atoms with Crippen LogP contribution in [-0.4, -0.2) is 24.8 Å². The second-order valence-electron chi connectivity index (χ2n) is 2.58. The molecule has 3 heteroatoms. The summed E-state index contributed by atoms with van der Waals surface area (Å²) < 4.78 is 10.6. The lowest BCUT2D eigenvalue weighted by Crippen LogP contribution is -2.38. The van der Waals surface area contributed by atoms with Crippen LogP contribution in [0.4, 0.5) is 0 Å². The predicted molar refractivity (Wildman–Crippen MR) is 43.3 cm³/mol. The minimum Gasteiger partial charge on any atom is -0.352 e. The molecule has 1 unspecified atom stereocenters. The predicted octanol–water partition coefficient (Wildman–Crippen LogP) is 1.92. The highest BCUT2D eigenvalue weighted by Crippen LogP contribution is 2.38. The number of hydrogen-bond acceptors (Lipinski definition) is 2. The molecule has 0 amide bonds. The summed E-state index contributed by atoms with van der Waals surface area (Å²) >= 11 is 3.53. The largest absolute Gasteiger partial charge is 0.352 e. The van der Waals surface area contributed by atoms with Crippen LogP contribution in [0, 0.1) is 0 Å². The first-order valence-electron chi connectivity index (χ1n) is 3.49. The molecule has 60 valence electrons. The van der Waals surface area contributed by atoms with E-state index in [0.29, 0.717) is 4.83 Å². The van der Waals surface area contributed by atoms with Gasteiger partial charge in [0, 0.05) is 20.6 Å². The molecular weight excluding hydrogens is 196 g/mol. The number of halogens is 1. The molecule has 1 aliphatic carbocycles. The molecule has 1 atom stereocenters. The van der Waals surface area contributed by atoms with E-state index in [2.05, 4.69) is 15.9 Å². The first-order chi connectivity index (χ1) is 4.75. The average Bonchev–Trinajstić information content (AvgIpc) is 2.32. The third kappa shape index (κ3) is 1.22. The molecule has 10 heavy (non-hydrogen) atoms. The Bertz CT molecular complexity index is 112. The maximum Gasteiger partial charge on any atom is 0.180 e. The Kier molecular flexibility index (Phi) is 2.72. The topological polar surface area (TPSA) is 18.5 Å². The molecule has 0 bridgehead atoms. The summed E-state index contributed by atoms with van der Waals surface area (Å²) in [4.78, 5) is 0.356. The van der Waals surface area contributed by atoms with E-state index in [1.54, 1.807) is 14.2 Å². The molecule has 1 fully saturated rings. The van der Waals surface area contributed by atoms with Crippen molar-refractivity contribution in [3.8, 4) is 0 Å². The van der Waals surface area contributed by atoms with Crippen LogP contribution >= 0.6 is 15.9 Å². The van der Waals surface area contributed by atoms with E-state index >= 15 is 0 Å². The number of rotatable bonds is 2. The number of methoxy groups -OCH3 is 2. The average molecular weight is 209 g/mol. The summed E-state index contributed by atoms with van der Waals surface area (Å²) in [6.45, 7) is 0. The SMILES string of the molecule is COC1(OC)CCCC1Br. The molecular formula is C7H13BrO2. The first kappa shape index (κ1) is 8.50. The first-order valence-corrected chi connectivity index (χ1v) is 4.41. The van der Waals surface area contributed by atoms with E-state index in [-0.39, 0.29) is 5.79 Å². The Morgan fingerprint density at radius 2 is 2.00 bits per heavy atom. The van der Waals surface area contributed by atoms with Gasteiger partial charge in [0.15, 0.2) is 5.79 Å². The maximum atomic E-state index is 5.29. The lowest BCUT2D eigenvalue weighted by atomic mass is 10.2. The van der Waals surface area contributed by atoms with Crippen molar-refractivity contribution in [2.24, 2.45) is 0 Å². The van der Waals surface area contributed by atoms with Crippen LogP contribution in [0.25, 0.3) is 0 Å². The second-order valence-corrected chi connectivity index (χ2v) is 3.69. The maximum absolute atomic E-state index is 5.29. The Hall–Kier alpha value is 0.400. The van der Waals surface area contributed by atoms with Crippen molar-refractivity contribution < 1.29 is 9.47 Å². The van der Waals surface area contributed by atoms with Gasteiger partial charge >= 0.3 is 0 Å². The van der Waals surface area contributed by atoms with E-state index in [1.165, 1.54) is 6.42 Å². The minimum atomic E-state index is -0.347. The van der Waals surface area contributed by atoms with Gasteiger partial charge in [0.1, 0.15) is 0 Å². The second kappa shape index (κ2) is 3.20. The van der Waals surface area contributed by atoms with E-state index < -0.39 is 0 Å². The van der Waals surface area contributed by atoms with Gasteiger partial charge < -0.3 is 9.47 Å². The van der Waals surface area contributed by atoms with Crippen LogP contribution in [0.3, 0.4) is 0 Å². The highest BCUT2D eigenvalue weighted by Gasteiger charge is 2.41. The fourth-order valence-electron chi connectivity index (χ4n) is 1.45. The molecule has 1 saturated carbocycles. The highest BCUT2D eigenvalue weighted by molar-refractivity contribution is 9.09. The van der Waals surface area contributed by atoms with Crippen LogP contribution in [0.5, 0.6) is 0 Å². The Balaban J connectivity index is 2.61. The third-order valence-corrected chi connectivity index (χ3v) is 3.31. The van der Waals surface area contributed by atoms with E-state index in [9.17, 15) is 0 Å². The summed E-state index contributed by atoms with van der Waals surface area (Å²) in [5.74, 6) is -0.347. The van der Waals surface area contributed by atoms with Crippen LogP contribution in [0.15, 0.2) is 0 Å². The third-order valence-electron chi connectivity index (χ3n) is 2.15. The Morgan fingerprint density at radius 1 is 1.40 bits per heavy atom. The quantitative estimate of drug-likeness (QED) is 0.511. The Morgan fingerprint density at radius 3 is 2.20 bits per heavy atom. The lowest BCUT2D eigenvalue weighted by Gasteiger charge is -2.29. The van der Waals surface area contributed by atoms with E-state index in [4.69, 9.17) is 9.47 Å². The van der Waals surface area contributed by atoms with Crippen LogP contribution in [0.2, 0.25) is 0 Å². The number of alkyl halides is 1. The fourth-order valence-corrected chi connectivity index (χ4v) is 2.37. The molecule has 0 radical (unpaired) electrons. The zero-order valence-corrected chi connectivity index (χ0v) is 7.98. The van der Waals surface area contributed by atoms with Gasteiger partial charge in [-0.2, -0.15) is 0 Å². The van der Waals surface area contributed by atoms with Gasteiger partial charge in [-0.3, -0.25) is 0 Å². The molecule has 0 saturated heterocycles. The van der Waals surface area contributed by atoms with Crippen molar-refractivity contribution >= 4 is 15.9 Å². The smallest absolute Gasteiger partial charge is 0.180 e. The molecule has 0 N–H and O–H groups in total. The number of hydrogen-bond donors (Lipinski definition) is 0. The monoisotopic (exact) mass is 208 g/mol. The number of ether oxygens (including phenoxy) is 2. The standard InChI is InChI=1S/C7H13BrO2/c1-9-7(10-2)5-3-4-6(7)8/h6H,3-5H2,1-2H3. The van der Waals surface area contributed by atoms with Crippen molar-refractivity contribution in [2.45, 2.75) is 29.9 Å². The molecule has 0 aromatic rings. The van der Waals surface area contributed by atoms with Crippen LogP contribution in [0.1, 0.15) is 19.3 Å². The van der Waals surface area contributed by atoms with Gasteiger partial charge in [0.05, 0.1) is 4.83 Å². The fraction of sp³-hybridized carbons (Fsp3) is 1.00. The molecule has 0 aromatic carbocycles. The minimum absolute atomic E-state index is 0.347. The van der Waals surface area contributed by atoms with Crippen molar-refractivity contribution in [3.05, 3.63) is 0 Å². The lowest BCUT2D eigenvalue weighted by molar-refractivity contribution is -0.195. The summed E-state index contributed by atoms with van der Waals surface area (Å²) in [5.41, 5.74) is 0. The summed E-state index contributed by atoms with van der Waals surface area (Å²) in [6.07, 6.45) is 3.31. The zero-order valence-electron chi connectivity index (χ0n) is 6.39. The summed E-state index contributed by atoms with van der Waals surface area (Å²) in [6, 6.07) is 0. The molecule has 2 nitrogen and oxygen atoms in total. The molecule has 0 aliphatic heterocycles. The Labute approximate surface area is 70.0 Å². The van der Waals surface area contributed by atoms with Gasteiger partial charge in [-0.1, -0.05) is 15.9 Å². The van der Waals surface area contributed by atoms with Crippen molar-refractivity contribution in [3.63, 3.8) is 0 Å². The van der Waals surface area contributed by atoms with Crippen molar-refractivity contribution in [1.82, 2.24) is 0 Å². The van der Waals surface area contributed by atoms with Crippen molar-refractivity contribution in [2.75, 3.05) is 14.2 Å². The highest BCUT2D eigenvalue weighted by atomic mass is 79.9. The van der Waals surface area contributed by atoms with Gasteiger partial charge in [-0.25, -0.2) is 0 Å². The normalized spacial score (nSPS) is 30.9.